The Morgan fingerprint density at radius 2 is 0.886 bits per heavy atom. The van der Waals surface area contributed by atoms with Crippen molar-refractivity contribution in [1.82, 2.24) is 24.9 Å². The maximum atomic E-state index is 12.8. The molecule has 5 aliphatic rings. The zero-order chi connectivity index (χ0) is 74.6. The van der Waals surface area contributed by atoms with Gasteiger partial charge in [-0.3, -0.25) is 33.8 Å². The van der Waals surface area contributed by atoms with Crippen molar-refractivity contribution in [1.29, 1.82) is 31.6 Å². The number of nitrogens with one attached hydrogen (secondary N) is 1. The Hall–Kier alpha value is -8.82. The van der Waals surface area contributed by atoms with Gasteiger partial charge in [-0.1, -0.05) is 121 Å². The fraction of sp³-hybridized carbons (Fsp3) is 0.550. The number of hydrogen-bond acceptors (Lipinski definition) is 21. The number of halogens is 2. The van der Waals surface area contributed by atoms with E-state index in [2.05, 4.69) is 72.1 Å². The summed E-state index contributed by atoms with van der Waals surface area (Å²) in [4.78, 5) is 82.9. The topological polar surface area (TPSA) is 341 Å². The van der Waals surface area contributed by atoms with Crippen LogP contribution in [0.5, 0.6) is 0 Å². The highest BCUT2D eigenvalue weighted by molar-refractivity contribution is 6.02. The Morgan fingerprint density at radius 1 is 0.505 bits per heavy atom. The van der Waals surface area contributed by atoms with Crippen LogP contribution >= 0.6 is 24.8 Å². The molecule has 0 bridgehead atoms. The molecule has 105 heavy (non-hydrogen) atoms. The number of nitrogens with zero attached hydrogens (tertiary/aromatic N) is 12. The Morgan fingerprint density at radius 3 is 1.24 bits per heavy atom. The molecule has 0 unspecified atom stereocenters. The first-order valence-corrected chi connectivity index (χ1v) is 35.1. The molecule has 4 aromatic carbocycles. The minimum absolute atomic E-state index is 0. The van der Waals surface area contributed by atoms with Gasteiger partial charge in [-0.2, -0.15) is 31.6 Å². The smallest absolute Gasteiger partial charge is 0.332 e. The highest BCUT2D eigenvalue weighted by atomic mass is 35.5. The molecule has 5 heterocycles. The van der Waals surface area contributed by atoms with Crippen LogP contribution in [-0.2, 0) is 44.7 Å². The van der Waals surface area contributed by atoms with Crippen LogP contribution in [0.25, 0.3) is 0 Å². The van der Waals surface area contributed by atoms with Gasteiger partial charge in [-0.05, 0) is 106 Å². The number of ketones is 2. The number of nitriles is 6. The quantitative estimate of drug-likeness (QED) is 0.0580. The number of hydrogen-bond donors (Lipinski definition) is 3. The van der Waals surface area contributed by atoms with E-state index in [1.807, 2.05) is 129 Å². The van der Waals surface area contributed by atoms with Crippen molar-refractivity contribution in [2.45, 2.75) is 169 Å². The van der Waals surface area contributed by atoms with Gasteiger partial charge in [0.05, 0.1) is 62.5 Å². The summed E-state index contributed by atoms with van der Waals surface area (Å²) >= 11 is 0. The molecule has 5 saturated heterocycles. The van der Waals surface area contributed by atoms with Crippen LogP contribution in [0.1, 0.15) is 157 Å². The molecule has 0 aliphatic carbocycles. The first-order valence-electron chi connectivity index (χ1n) is 35.1. The van der Waals surface area contributed by atoms with Crippen molar-refractivity contribution in [3.05, 3.63) is 127 Å². The minimum atomic E-state index is -1.04. The SMILES string of the molecule is C.C.CCC(=O)N(c1ccccc1)C1(C#N)CCN(CCC#N)CC1.CCC(=O)N(c1ccccc1)C1(C(=O)OC)CCN(CCC(=O)OC)CC1.CCCC#N.CO.Cl.Cl.N#CCCN1CCC(=O)CC1.N#CCCN1CCC(C#N)(Cc2ccccc2)CC1.Nc1ccccc1.O=C1CCNCC1. The average molecular weight is 1490 g/mol. The van der Waals surface area contributed by atoms with Crippen molar-refractivity contribution in [2.24, 2.45) is 5.41 Å². The third-order valence-corrected chi connectivity index (χ3v) is 17.8. The lowest BCUT2D eigenvalue weighted by Crippen LogP contribution is -2.62. The summed E-state index contributed by atoms with van der Waals surface area (Å²) in [6, 6.07) is 51.9. The van der Waals surface area contributed by atoms with E-state index in [4.69, 9.17) is 36.6 Å². The maximum Gasteiger partial charge on any atom is 0.332 e. The Kier molecular flexibility index (Phi) is 56.8. The van der Waals surface area contributed by atoms with Crippen LogP contribution in [0.2, 0.25) is 0 Å². The van der Waals surface area contributed by atoms with Gasteiger partial charge in [0, 0.05) is 167 Å². The molecule has 0 spiro atoms. The summed E-state index contributed by atoms with van der Waals surface area (Å²) in [6.45, 7) is 16.5. The van der Waals surface area contributed by atoms with Crippen LogP contribution in [0.3, 0.4) is 0 Å². The number of piperidine rings is 5. The number of nitrogens with two attached hydrogens (primary N) is 1. The zero-order valence-electron chi connectivity index (χ0n) is 61.4. The lowest BCUT2D eigenvalue weighted by atomic mass is 9.75. The fourth-order valence-electron chi connectivity index (χ4n) is 11.9. The maximum absolute atomic E-state index is 12.8. The normalized spacial score (nSPS) is 15.8. The average Bonchev–Trinajstić information content (AvgIpc) is 0.770. The number of ether oxygens (including phenoxy) is 2. The van der Waals surface area contributed by atoms with Gasteiger partial charge in [0.15, 0.2) is 0 Å². The molecule has 9 rings (SSSR count). The molecule has 5 aliphatic heterocycles. The number of methoxy groups -OCH3 is 2. The van der Waals surface area contributed by atoms with E-state index in [-0.39, 0.29) is 62.9 Å². The number of aliphatic hydroxyl groups excluding tert-OH is 1. The standard InChI is InChI=1S/C20H28N2O5.C18H22N4O.C16H19N3.C8H12N2O.C6H7N.C5H9NO.C4H7N.CH4O.2CH4.2ClH/c1-4-17(23)22(16-8-6-5-7-9-16)20(19(25)27-3)11-14-21(15-12-20)13-10-18(24)26-2;1-2-17(23)22(16-7-4-3-5-8-16)18(15-20)9-13-21(14-10-18)12-6-11-19;17-9-4-10-19-11-7-16(14-18,8-12-19)13-15-5-2-1-3-6-15;9-4-1-5-10-6-2-8(11)3-7-10;7-6-4-2-1-3-5-6;7-5-1-3-6-4-2-5;1-2-3-4-5;1-2;;;;/h5-9H,4,10-15H2,1-3H3;3-5,7-8H,2,6,9-10,12-14H2,1H3;1-3,5-6H,4,7-8,10-13H2;1-3,5-7H2;1-5H,7H2;6H,1-4H2;2-3H2,1H3;2H,1H3;2*1H4;2*1H. The molecule has 5 fully saturated rings. The van der Waals surface area contributed by atoms with Crippen LogP contribution in [-0.4, -0.2) is 184 Å². The van der Waals surface area contributed by atoms with Gasteiger partial charge < -0.3 is 45.2 Å². The number of amides is 2. The summed E-state index contributed by atoms with van der Waals surface area (Å²) in [5, 5.41) is 62.9. The molecule has 0 saturated carbocycles. The van der Waals surface area contributed by atoms with Gasteiger partial charge in [-0.15, -0.1) is 24.8 Å². The van der Waals surface area contributed by atoms with E-state index < -0.39 is 17.0 Å². The predicted molar refractivity (Wildman–Crippen MR) is 419 cm³/mol. The number of esters is 2. The number of likely N-dealkylation sites (tertiary alicyclic amines) is 4. The van der Waals surface area contributed by atoms with E-state index in [1.165, 1.54) is 19.8 Å². The van der Waals surface area contributed by atoms with Crippen LogP contribution in [0, 0.1) is 73.4 Å². The van der Waals surface area contributed by atoms with Gasteiger partial charge >= 0.3 is 11.9 Å². The number of rotatable bonds is 19. The summed E-state index contributed by atoms with van der Waals surface area (Å²) in [5.41, 5.74) is 6.85. The summed E-state index contributed by atoms with van der Waals surface area (Å²) in [6.07, 6.45) is 11.9. The predicted octanol–water partition coefficient (Wildman–Crippen LogP) is 12.3. The van der Waals surface area contributed by atoms with Crippen molar-refractivity contribution in [2.75, 3.05) is 128 Å². The largest absolute Gasteiger partial charge is 0.469 e. The fourth-order valence-corrected chi connectivity index (χ4v) is 11.9. The zero-order valence-corrected chi connectivity index (χ0v) is 63.0. The number of Topliss-reactive ketones (excluding diaryl/α,β-unsaturated/α-hetero) is 2. The summed E-state index contributed by atoms with van der Waals surface area (Å²) in [7, 11) is 3.72. The van der Waals surface area contributed by atoms with E-state index in [1.54, 1.807) is 16.7 Å². The summed E-state index contributed by atoms with van der Waals surface area (Å²) < 4.78 is 9.80. The van der Waals surface area contributed by atoms with Crippen molar-refractivity contribution >= 4 is 77.2 Å². The van der Waals surface area contributed by atoms with Crippen LogP contribution in [0.4, 0.5) is 17.1 Å². The lowest BCUT2D eigenvalue weighted by molar-refractivity contribution is -0.151. The van der Waals surface area contributed by atoms with E-state index in [0.717, 1.165) is 129 Å². The van der Waals surface area contributed by atoms with E-state index >= 15 is 0 Å². The molecule has 4 aromatic rings. The second kappa shape index (κ2) is 59.4. The molecular formula is C80H118Cl2N14O9. The van der Waals surface area contributed by atoms with Crippen molar-refractivity contribution in [3.8, 4) is 36.4 Å². The van der Waals surface area contributed by atoms with Gasteiger partial charge in [0.2, 0.25) is 11.8 Å². The van der Waals surface area contributed by atoms with Crippen LogP contribution < -0.4 is 20.9 Å². The van der Waals surface area contributed by atoms with Gasteiger partial charge in [0.1, 0.15) is 22.6 Å². The van der Waals surface area contributed by atoms with Crippen molar-refractivity contribution < 1.29 is 43.3 Å². The minimum Gasteiger partial charge on any atom is -0.469 e. The number of unbranched alkanes of at least 4 members (excludes halogenated alkanes) is 1. The number of carbonyl (C=O) groups is 6. The Balaban J connectivity index is -0.00000122. The molecular weight excluding hydrogens is 1370 g/mol. The molecule has 2 amide bonds. The van der Waals surface area contributed by atoms with E-state index in [0.29, 0.717) is 120 Å². The lowest BCUT2D eigenvalue weighted by Gasteiger charge is -2.46. The highest BCUT2D eigenvalue weighted by Gasteiger charge is 2.50. The second-order valence-corrected chi connectivity index (χ2v) is 24.6. The Bertz CT molecular complexity index is 3280. The molecule has 0 atom stereocenters. The van der Waals surface area contributed by atoms with E-state index in [9.17, 15) is 39.3 Å². The molecule has 576 valence electrons. The molecule has 25 heteroatoms. The molecule has 0 radical (unpaired) electrons. The molecule has 4 N–H and O–H groups in total. The Labute approximate surface area is 639 Å². The highest BCUT2D eigenvalue weighted by Crippen LogP contribution is 2.37. The van der Waals surface area contributed by atoms with Crippen molar-refractivity contribution in [3.63, 3.8) is 0 Å². The number of carbonyl (C=O) groups excluding carboxylic acids is 6. The number of nitrogen functional groups attached to an aromatic ring is 1. The first-order chi connectivity index (χ1) is 48.9. The van der Waals surface area contributed by atoms with Gasteiger partial charge in [-0.25, -0.2) is 4.79 Å². The third kappa shape index (κ3) is 37.1. The van der Waals surface area contributed by atoms with Crippen LogP contribution in [0.15, 0.2) is 121 Å². The third-order valence-electron chi connectivity index (χ3n) is 17.8. The number of benzene rings is 4. The number of anilines is 3. The first kappa shape index (κ1) is 100. The second-order valence-electron chi connectivity index (χ2n) is 24.6. The number of para-hydroxylation sites is 3. The number of aliphatic hydroxyl groups is 1. The molecule has 23 nitrogen and oxygen atoms in total. The molecule has 0 aromatic heterocycles. The van der Waals surface area contributed by atoms with Gasteiger partial charge in [0.25, 0.3) is 0 Å². The monoisotopic (exact) mass is 1490 g/mol. The summed E-state index contributed by atoms with van der Waals surface area (Å²) in [5.74, 6) is -0.0394.